The molecule has 0 spiro atoms. The Labute approximate surface area is 205 Å². The highest BCUT2D eigenvalue weighted by Gasteiger charge is 2.33. The number of hydrogen-bond donors (Lipinski definition) is 1. The largest absolute Gasteiger partial charge is 0.573 e. The molecule has 0 bridgehead atoms. The first-order valence-corrected chi connectivity index (χ1v) is 12.0. The number of ether oxygens (including phenoxy) is 1. The van der Waals surface area contributed by atoms with Crippen molar-refractivity contribution in [2.45, 2.75) is 46.5 Å². The van der Waals surface area contributed by atoms with Crippen molar-refractivity contribution in [2.24, 2.45) is 0 Å². The van der Waals surface area contributed by atoms with E-state index in [4.69, 9.17) is 4.98 Å². The third-order valence-electron chi connectivity index (χ3n) is 5.89. The Morgan fingerprint density at radius 2 is 2.00 bits per heavy atom. The van der Waals surface area contributed by atoms with Crippen LogP contribution in [0.25, 0.3) is 11.3 Å². The van der Waals surface area contributed by atoms with Crippen molar-refractivity contribution in [3.05, 3.63) is 47.0 Å². The fourth-order valence-corrected chi connectivity index (χ4v) is 4.79. The van der Waals surface area contributed by atoms with Crippen LogP contribution in [-0.4, -0.2) is 41.5 Å². The van der Waals surface area contributed by atoms with Crippen molar-refractivity contribution in [3.8, 4) is 17.0 Å². The second-order valence-electron chi connectivity index (χ2n) is 8.29. The van der Waals surface area contributed by atoms with Gasteiger partial charge in [0.05, 0.1) is 17.1 Å². The monoisotopic (exact) mass is 505 g/mol. The quantitative estimate of drug-likeness (QED) is 0.446. The van der Waals surface area contributed by atoms with Crippen LogP contribution in [0.1, 0.15) is 30.8 Å². The molecule has 3 heterocycles. The summed E-state index contributed by atoms with van der Waals surface area (Å²) in [7, 11) is 0. The van der Waals surface area contributed by atoms with E-state index in [1.807, 2.05) is 33.8 Å². The van der Waals surface area contributed by atoms with Gasteiger partial charge in [0.1, 0.15) is 5.75 Å². The molecule has 0 saturated carbocycles. The van der Waals surface area contributed by atoms with Crippen molar-refractivity contribution in [1.82, 2.24) is 9.97 Å². The predicted octanol–water partition coefficient (Wildman–Crippen LogP) is 6.38. The number of pyridine rings is 1. The molecule has 1 aliphatic heterocycles. The zero-order chi connectivity index (χ0) is 25.3. The number of fused-ring (bicyclic) bond motifs is 1. The van der Waals surface area contributed by atoms with E-state index in [1.165, 1.54) is 29.5 Å². The average molecular weight is 506 g/mol. The van der Waals surface area contributed by atoms with E-state index in [0.717, 1.165) is 35.8 Å². The van der Waals surface area contributed by atoms with E-state index >= 15 is 0 Å². The lowest BCUT2D eigenvalue weighted by Gasteiger charge is -2.28. The van der Waals surface area contributed by atoms with Crippen molar-refractivity contribution in [2.75, 3.05) is 28.2 Å². The summed E-state index contributed by atoms with van der Waals surface area (Å²) in [5, 5.41) is 3.39. The molecule has 0 radical (unpaired) electrons. The predicted molar refractivity (Wildman–Crippen MR) is 131 cm³/mol. The number of carbonyl (C=O) groups excluding carboxylic acids is 1. The van der Waals surface area contributed by atoms with E-state index in [9.17, 15) is 18.0 Å². The third kappa shape index (κ3) is 5.50. The maximum Gasteiger partial charge on any atom is 0.573 e. The summed E-state index contributed by atoms with van der Waals surface area (Å²) in [6.07, 6.45) is -4.07. The molecule has 0 unspecified atom stereocenters. The molecule has 2 aromatic heterocycles. The fraction of sp³-hybridized carbons (Fsp3) is 0.375. The minimum Gasteiger partial charge on any atom is -0.406 e. The first kappa shape index (κ1) is 24.8. The van der Waals surface area contributed by atoms with Crippen molar-refractivity contribution in [1.29, 1.82) is 0 Å². The average Bonchev–Trinajstić information content (AvgIpc) is 3.02. The van der Waals surface area contributed by atoms with Crippen LogP contribution < -0.4 is 19.9 Å². The van der Waals surface area contributed by atoms with Crippen LogP contribution in [0.5, 0.6) is 5.75 Å². The third-order valence-corrected chi connectivity index (χ3v) is 6.88. The standard InChI is InChI=1S/C24H26F3N5O2S/c1-5-31-12-11-14(2)32(23(33)30-22-28-15(3)16(4)35-22)21-20(31)10-9-19(29-21)17-7-6-8-18(13-17)34-24(25,26)27/h6-10,13-14H,5,11-12H2,1-4H3,(H,28,30,33)/t14-/m1/s1. The van der Waals surface area contributed by atoms with Crippen LogP contribution in [0.4, 0.5) is 34.6 Å². The lowest BCUT2D eigenvalue weighted by atomic mass is 10.1. The molecular formula is C24H26F3N5O2S. The van der Waals surface area contributed by atoms with Crippen LogP contribution in [-0.2, 0) is 0 Å². The van der Waals surface area contributed by atoms with E-state index in [-0.39, 0.29) is 17.8 Å². The van der Waals surface area contributed by atoms with Crippen LogP contribution in [0.15, 0.2) is 36.4 Å². The van der Waals surface area contributed by atoms with Crippen molar-refractivity contribution >= 4 is 34.0 Å². The van der Waals surface area contributed by atoms with E-state index in [1.54, 1.807) is 17.0 Å². The summed E-state index contributed by atoms with van der Waals surface area (Å²) >= 11 is 1.40. The summed E-state index contributed by atoms with van der Waals surface area (Å²) < 4.78 is 42.2. The number of amides is 2. The molecule has 0 fully saturated rings. The molecule has 35 heavy (non-hydrogen) atoms. The molecular weight excluding hydrogens is 479 g/mol. The number of nitrogens with one attached hydrogen (secondary N) is 1. The summed E-state index contributed by atoms with van der Waals surface area (Å²) in [6, 6.07) is 8.72. The van der Waals surface area contributed by atoms with Gasteiger partial charge in [-0.05, 0) is 58.4 Å². The van der Waals surface area contributed by atoms with Crippen LogP contribution in [0.3, 0.4) is 0 Å². The number of rotatable bonds is 4. The number of halogens is 3. The van der Waals surface area contributed by atoms with Gasteiger partial charge >= 0.3 is 12.4 Å². The fourth-order valence-electron chi connectivity index (χ4n) is 3.98. The topological polar surface area (TPSA) is 70.6 Å². The maximum absolute atomic E-state index is 13.4. The van der Waals surface area contributed by atoms with Gasteiger partial charge < -0.3 is 9.64 Å². The SMILES string of the molecule is CCN1CC[C@@H](C)N(C(=O)Nc2nc(C)c(C)s2)c2nc(-c3cccc(OC(F)(F)F)c3)ccc21. The Hall–Kier alpha value is -3.34. The lowest BCUT2D eigenvalue weighted by Crippen LogP contribution is -2.42. The van der Waals surface area contributed by atoms with E-state index in [2.05, 4.69) is 19.9 Å². The van der Waals surface area contributed by atoms with Crippen LogP contribution in [0, 0.1) is 13.8 Å². The number of nitrogens with zero attached hydrogens (tertiary/aromatic N) is 4. The molecule has 1 aliphatic rings. The molecule has 1 atom stereocenters. The number of aromatic nitrogens is 2. The number of urea groups is 1. The Morgan fingerprint density at radius 3 is 2.66 bits per heavy atom. The first-order valence-electron chi connectivity index (χ1n) is 11.2. The molecule has 4 rings (SSSR count). The van der Waals surface area contributed by atoms with Crippen LogP contribution in [0.2, 0.25) is 0 Å². The Morgan fingerprint density at radius 1 is 1.23 bits per heavy atom. The van der Waals surface area contributed by atoms with Gasteiger partial charge in [0.15, 0.2) is 10.9 Å². The van der Waals surface area contributed by atoms with Gasteiger partial charge in [-0.3, -0.25) is 10.2 Å². The summed E-state index contributed by atoms with van der Waals surface area (Å²) in [5.41, 5.74) is 2.51. The minimum atomic E-state index is -4.79. The number of thiazole rings is 1. The zero-order valence-electron chi connectivity index (χ0n) is 19.8. The second kappa shape index (κ2) is 9.73. The number of carbonyl (C=O) groups is 1. The first-order chi connectivity index (χ1) is 16.6. The van der Waals surface area contributed by atoms with Gasteiger partial charge in [-0.2, -0.15) is 0 Å². The molecule has 7 nitrogen and oxygen atoms in total. The highest BCUT2D eigenvalue weighted by molar-refractivity contribution is 7.15. The Bertz CT molecular complexity index is 1210. The smallest absolute Gasteiger partial charge is 0.406 e. The summed E-state index contributed by atoms with van der Waals surface area (Å²) in [6.45, 7) is 9.25. The molecule has 0 saturated heterocycles. The molecule has 11 heteroatoms. The number of aryl methyl sites for hydroxylation is 2. The molecule has 0 aliphatic carbocycles. The highest BCUT2D eigenvalue weighted by atomic mass is 32.1. The number of hydrogen-bond acceptors (Lipinski definition) is 6. The minimum absolute atomic E-state index is 0.171. The molecule has 3 aromatic rings. The van der Waals surface area contributed by atoms with E-state index in [0.29, 0.717) is 22.2 Å². The second-order valence-corrected chi connectivity index (χ2v) is 9.50. The zero-order valence-corrected chi connectivity index (χ0v) is 20.6. The highest BCUT2D eigenvalue weighted by Crippen LogP contribution is 2.37. The Kier molecular flexibility index (Phi) is 6.88. The van der Waals surface area contributed by atoms with Gasteiger partial charge in [0, 0.05) is 29.6 Å². The molecule has 1 N–H and O–H groups in total. The number of alkyl halides is 3. The van der Waals surface area contributed by atoms with Gasteiger partial charge in [-0.1, -0.05) is 12.1 Å². The molecule has 1 aromatic carbocycles. The van der Waals surface area contributed by atoms with Gasteiger partial charge in [-0.15, -0.1) is 24.5 Å². The normalized spacial score (nSPS) is 16.0. The van der Waals surface area contributed by atoms with E-state index < -0.39 is 6.36 Å². The summed E-state index contributed by atoms with van der Waals surface area (Å²) in [4.78, 5) is 27.4. The van der Waals surface area contributed by atoms with Gasteiger partial charge in [0.2, 0.25) is 0 Å². The van der Waals surface area contributed by atoms with Gasteiger partial charge in [0.25, 0.3) is 0 Å². The van der Waals surface area contributed by atoms with Crippen molar-refractivity contribution < 1.29 is 22.7 Å². The van der Waals surface area contributed by atoms with Crippen molar-refractivity contribution in [3.63, 3.8) is 0 Å². The number of anilines is 3. The molecule has 2 amide bonds. The van der Waals surface area contributed by atoms with Crippen LogP contribution >= 0.6 is 11.3 Å². The number of benzene rings is 1. The Balaban J connectivity index is 1.75. The van der Waals surface area contributed by atoms with Gasteiger partial charge in [-0.25, -0.2) is 14.8 Å². The molecule has 186 valence electrons. The lowest BCUT2D eigenvalue weighted by molar-refractivity contribution is -0.274. The summed E-state index contributed by atoms with van der Waals surface area (Å²) in [5.74, 6) is 0.110. The maximum atomic E-state index is 13.4.